The molecule has 1 N–H and O–H groups in total. The number of ether oxygens (including phenoxy) is 2. The first kappa shape index (κ1) is 19.2. The molecule has 0 saturated carbocycles. The van der Waals surface area contributed by atoms with Crippen LogP contribution in [0.15, 0.2) is 36.4 Å². The van der Waals surface area contributed by atoms with Crippen LogP contribution in [0.3, 0.4) is 0 Å². The van der Waals surface area contributed by atoms with Gasteiger partial charge in [0.1, 0.15) is 11.5 Å². The third kappa shape index (κ3) is 4.39. The molecular formula is C20H24ClN3O3. The fourth-order valence-electron chi connectivity index (χ4n) is 3.14. The first-order chi connectivity index (χ1) is 13.0. The second-order valence-corrected chi connectivity index (χ2v) is 6.84. The number of methoxy groups -OCH3 is 2. The van der Waals surface area contributed by atoms with Crippen molar-refractivity contribution in [1.29, 1.82) is 0 Å². The van der Waals surface area contributed by atoms with Gasteiger partial charge in [-0.3, -0.25) is 0 Å². The smallest absolute Gasteiger partial charge is 0.322 e. The minimum Gasteiger partial charge on any atom is -0.495 e. The van der Waals surface area contributed by atoms with Crippen molar-refractivity contribution in [3.05, 3.63) is 47.0 Å². The van der Waals surface area contributed by atoms with Gasteiger partial charge in [-0.25, -0.2) is 4.79 Å². The number of rotatable bonds is 4. The van der Waals surface area contributed by atoms with Crippen LogP contribution >= 0.6 is 11.6 Å². The molecular weight excluding hydrogens is 366 g/mol. The van der Waals surface area contributed by atoms with E-state index < -0.39 is 0 Å². The largest absolute Gasteiger partial charge is 0.495 e. The molecule has 0 bridgehead atoms. The average Bonchev–Trinajstić information content (AvgIpc) is 2.69. The quantitative estimate of drug-likeness (QED) is 0.858. The van der Waals surface area contributed by atoms with Crippen LogP contribution < -0.4 is 19.7 Å². The normalized spacial score (nSPS) is 14.1. The van der Waals surface area contributed by atoms with Crippen LogP contribution in [-0.4, -0.2) is 51.3 Å². The SMILES string of the molecule is COc1cc(NC(=O)N2CCN(c3cccc(C)c3)CC2)c(OC)cc1Cl. The highest BCUT2D eigenvalue weighted by Gasteiger charge is 2.22. The summed E-state index contributed by atoms with van der Waals surface area (Å²) in [5, 5.41) is 3.33. The van der Waals surface area contributed by atoms with Crippen LogP contribution in [0, 0.1) is 6.92 Å². The second kappa shape index (κ2) is 8.39. The van der Waals surface area contributed by atoms with E-state index in [0.717, 1.165) is 13.1 Å². The van der Waals surface area contributed by atoms with Crippen molar-refractivity contribution in [3.63, 3.8) is 0 Å². The van der Waals surface area contributed by atoms with Gasteiger partial charge >= 0.3 is 6.03 Å². The lowest BCUT2D eigenvalue weighted by Gasteiger charge is -2.36. The summed E-state index contributed by atoms with van der Waals surface area (Å²) < 4.78 is 10.5. The molecule has 6 nitrogen and oxygen atoms in total. The number of amides is 2. The predicted molar refractivity (Wildman–Crippen MR) is 109 cm³/mol. The summed E-state index contributed by atoms with van der Waals surface area (Å²) in [5.74, 6) is 0.976. The van der Waals surface area contributed by atoms with E-state index in [1.54, 1.807) is 17.0 Å². The van der Waals surface area contributed by atoms with Crippen LogP contribution in [-0.2, 0) is 0 Å². The Hall–Kier alpha value is -2.60. The van der Waals surface area contributed by atoms with E-state index in [1.165, 1.54) is 25.5 Å². The Balaban J connectivity index is 1.65. The maximum atomic E-state index is 12.7. The molecule has 1 saturated heterocycles. The molecule has 0 atom stereocenters. The first-order valence-corrected chi connectivity index (χ1v) is 9.18. The fourth-order valence-corrected chi connectivity index (χ4v) is 3.38. The molecule has 7 heteroatoms. The molecule has 144 valence electrons. The Bertz CT molecular complexity index is 820. The number of nitrogens with zero attached hydrogens (tertiary/aromatic N) is 2. The van der Waals surface area contributed by atoms with E-state index in [1.807, 2.05) is 0 Å². The molecule has 0 spiro atoms. The first-order valence-electron chi connectivity index (χ1n) is 8.81. The minimum atomic E-state index is -0.165. The topological polar surface area (TPSA) is 54.0 Å². The molecule has 3 rings (SSSR count). The molecule has 27 heavy (non-hydrogen) atoms. The highest BCUT2D eigenvalue weighted by molar-refractivity contribution is 6.32. The third-order valence-corrected chi connectivity index (χ3v) is 4.94. The van der Waals surface area contributed by atoms with Crippen molar-refractivity contribution in [3.8, 4) is 11.5 Å². The summed E-state index contributed by atoms with van der Waals surface area (Å²) in [6, 6.07) is 11.5. The molecule has 2 aromatic rings. The third-order valence-electron chi connectivity index (χ3n) is 4.65. The number of aryl methyl sites for hydroxylation is 1. The van der Waals surface area contributed by atoms with Gasteiger partial charge in [0.2, 0.25) is 0 Å². The number of carbonyl (C=O) groups excluding carboxylic acids is 1. The molecule has 0 radical (unpaired) electrons. The molecule has 2 amide bonds. The van der Waals surface area contributed by atoms with E-state index >= 15 is 0 Å². The Morgan fingerprint density at radius 2 is 1.74 bits per heavy atom. The van der Waals surface area contributed by atoms with Crippen LogP contribution in [0.5, 0.6) is 11.5 Å². The number of halogens is 1. The number of nitrogens with one attached hydrogen (secondary N) is 1. The number of piperazine rings is 1. The van der Waals surface area contributed by atoms with E-state index in [2.05, 4.69) is 41.4 Å². The van der Waals surface area contributed by atoms with E-state index in [-0.39, 0.29) is 6.03 Å². The summed E-state index contributed by atoms with van der Waals surface area (Å²) in [5.41, 5.74) is 2.96. The number of hydrogen-bond acceptors (Lipinski definition) is 4. The molecule has 1 heterocycles. The van der Waals surface area contributed by atoms with Crippen molar-refractivity contribution < 1.29 is 14.3 Å². The summed E-state index contributed by atoms with van der Waals surface area (Å²) in [6.07, 6.45) is 0. The summed E-state index contributed by atoms with van der Waals surface area (Å²) >= 11 is 6.12. The van der Waals surface area contributed by atoms with Crippen LogP contribution in [0.1, 0.15) is 5.56 Å². The Morgan fingerprint density at radius 1 is 1.04 bits per heavy atom. The molecule has 0 unspecified atom stereocenters. The maximum absolute atomic E-state index is 12.7. The van der Waals surface area contributed by atoms with Crippen LogP contribution in [0.25, 0.3) is 0 Å². The van der Waals surface area contributed by atoms with Gasteiger partial charge in [-0.1, -0.05) is 23.7 Å². The number of benzene rings is 2. The van der Waals surface area contributed by atoms with Gasteiger partial charge in [0, 0.05) is 44.0 Å². The molecule has 1 fully saturated rings. The highest BCUT2D eigenvalue weighted by Crippen LogP contribution is 2.36. The van der Waals surface area contributed by atoms with Crippen LogP contribution in [0.4, 0.5) is 16.2 Å². The maximum Gasteiger partial charge on any atom is 0.322 e. The number of hydrogen-bond donors (Lipinski definition) is 1. The van der Waals surface area contributed by atoms with Gasteiger partial charge in [-0.15, -0.1) is 0 Å². The van der Waals surface area contributed by atoms with Gasteiger partial charge < -0.3 is 24.6 Å². The number of urea groups is 1. The lowest BCUT2D eigenvalue weighted by molar-refractivity contribution is 0.208. The van der Waals surface area contributed by atoms with Gasteiger partial charge in [0.25, 0.3) is 0 Å². The molecule has 2 aromatic carbocycles. The molecule has 0 aliphatic carbocycles. The zero-order valence-electron chi connectivity index (χ0n) is 15.8. The molecule has 0 aromatic heterocycles. The van der Waals surface area contributed by atoms with E-state index in [0.29, 0.717) is 35.3 Å². The van der Waals surface area contributed by atoms with Gasteiger partial charge in [-0.2, -0.15) is 0 Å². The van der Waals surface area contributed by atoms with Gasteiger partial charge in [0.15, 0.2) is 0 Å². The zero-order valence-corrected chi connectivity index (χ0v) is 16.5. The molecule has 1 aliphatic heterocycles. The molecule has 1 aliphatic rings. The minimum absolute atomic E-state index is 0.165. The van der Waals surface area contributed by atoms with Crippen molar-refractivity contribution in [2.24, 2.45) is 0 Å². The van der Waals surface area contributed by atoms with Crippen molar-refractivity contribution in [1.82, 2.24) is 4.90 Å². The van der Waals surface area contributed by atoms with Crippen molar-refractivity contribution in [2.75, 3.05) is 50.6 Å². The Morgan fingerprint density at radius 3 is 2.37 bits per heavy atom. The van der Waals surface area contributed by atoms with E-state index in [4.69, 9.17) is 21.1 Å². The van der Waals surface area contributed by atoms with Gasteiger partial charge in [0.05, 0.1) is 24.9 Å². The van der Waals surface area contributed by atoms with Crippen molar-refractivity contribution in [2.45, 2.75) is 6.92 Å². The van der Waals surface area contributed by atoms with Crippen molar-refractivity contribution >= 4 is 29.0 Å². The lowest BCUT2D eigenvalue weighted by atomic mass is 10.2. The second-order valence-electron chi connectivity index (χ2n) is 6.43. The predicted octanol–water partition coefficient (Wildman–Crippen LogP) is 4.02. The summed E-state index contributed by atoms with van der Waals surface area (Å²) in [7, 11) is 3.07. The summed E-state index contributed by atoms with van der Waals surface area (Å²) in [6.45, 7) is 4.95. The standard InChI is InChI=1S/C20H24ClN3O3/c1-14-5-4-6-15(11-14)23-7-9-24(10-8-23)20(25)22-17-13-18(26-2)16(21)12-19(17)27-3/h4-6,11-13H,7-10H2,1-3H3,(H,22,25). The number of anilines is 2. The zero-order chi connectivity index (χ0) is 19.4. The fraction of sp³-hybridized carbons (Fsp3) is 0.350. The lowest BCUT2D eigenvalue weighted by Crippen LogP contribution is -2.50. The van der Waals surface area contributed by atoms with Crippen LogP contribution in [0.2, 0.25) is 5.02 Å². The van der Waals surface area contributed by atoms with E-state index in [9.17, 15) is 4.79 Å². The Kier molecular flexibility index (Phi) is 5.96. The van der Waals surface area contributed by atoms with Gasteiger partial charge in [-0.05, 0) is 24.6 Å². The highest BCUT2D eigenvalue weighted by atomic mass is 35.5. The summed E-state index contributed by atoms with van der Waals surface area (Å²) in [4.78, 5) is 16.8. The Labute approximate surface area is 164 Å². The monoisotopic (exact) mass is 389 g/mol. The average molecular weight is 390 g/mol. The number of carbonyl (C=O) groups is 1.